The highest BCUT2D eigenvalue weighted by Gasteiger charge is 2.18. The van der Waals surface area contributed by atoms with E-state index < -0.39 is 0 Å². The van der Waals surface area contributed by atoms with Crippen LogP contribution in [-0.4, -0.2) is 44.0 Å². The molecule has 0 N–H and O–H groups in total. The molecule has 0 saturated heterocycles. The van der Waals surface area contributed by atoms with Crippen molar-refractivity contribution >= 4 is 22.1 Å². The summed E-state index contributed by atoms with van der Waals surface area (Å²) in [5.74, 6) is 3.41. The molecule has 9 heteroatoms. The Bertz CT molecular complexity index is 2720. The Hall–Kier alpha value is -7.65. The van der Waals surface area contributed by atoms with Crippen LogP contribution in [0.1, 0.15) is 0 Å². The lowest BCUT2D eigenvalue weighted by atomic mass is 10.1. The number of nitrogens with zero attached hydrogens (tertiary/aromatic N) is 9. The van der Waals surface area contributed by atoms with E-state index in [1.165, 1.54) is 0 Å². The van der Waals surface area contributed by atoms with Gasteiger partial charge in [0.05, 0.1) is 22.1 Å². The molecule has 10 aromatic rings. The zero-order valence-corrected chi connectivity index (χ0v) is 28.8. The van der Waals surface area contributed by atoms with Crippen LogP contribution < -0.4 is 0 Å². The molecule has 0 aliphatic carbocycles. The van der Waals surface area contributed by atoms with Gasteiger partial charge in [0.15, 0.2) is 17.5 Å². The number of imidazole rings is 2. The van der Waals surface area contributed by atoms with Crippen molar-refractivity contribution in [3.8, 4) is 68.3 Å². The summed E-state index contributed by atoms with van der Waals surface area (Å²) in [6, 6.07) is 50.8. The molecule has 5 aromatic carbocycles. The topological polar surface area (TPSA) is 100 Å². The first-order valence-corrected chi connectivity index (χ1v) is 17.6. The Morgan fingerprint density at radius 1 is 0.315 bits per heavy atom. The van der Waals surface area contributed by atoms with E-state index in [2.05, 4.69) is 79.8 Å². The van der Waals surface area contributed by atoms with Crippen LogP contribution in [0.3, 0.4) is 0 Å². The lowest BCUT2D eigenvalue weighted by Crippen LogP contribution is -2.02. The Kier molecular flexibility index (Phi) is 7.58. The third-order valence-corrected chi connectivity index (χ3v) is 9.40. The van der Waals surface area contributed by atoms with E-state index in [9.17, 15) is 0 Å². The Balaban J connectivity index is 1.06. The van der Waals surface area contributed by atoms with E-state index in [0.29, 0.717) is 17.5 Å². The summed E-state index contributed by atoms with van der Waals surface area (Å²) in [6.07, 6.45) is 7.22. The van der Waals surface area contributed by atoms with Crippen LogP contribution in [0.25, 0.3) is 90.4 Å². The van der Waals surface area contributed by atoms with Gasteiger partial charge < -0.3 is 0 Å². The molecule has 0 bridgehead atoms. The van der Waals surface area contributed by atoms with Crippen LogP contribution in [0.15, 0.2) is 176 Å². The lowest BCUT2D eigenvalue weighted by Gasteiger charge is -2.12. The summed E-state index contributed by atoms with van der Waals surface area (Å²) in [5.41, 5.74) is 10.3. The molecule has 0 aliphatic rings. The van der Waals surface area contributed by atoms with Crippen molar-refractivity contribution in [2.45, 2.75) is 0 Å². The van der Waals surface area contributed by atoms with E-state index in [4.69, 9.17) is 24.9 Å². The molecule has 10 rings (SSSR count). The molecular weight excluding hydrogens is 667 g/mol. The van der Waals surface area contributed by atoms with Crippen LogP contribution in [-0.2, 0) is 0 Å². The van der Waals surface area contributed by atoms with Crippen molar-refractivity contribution in [3.05, 3.63) is 176 Å². The van der Waals surface area contributed by atoms with Gasteiger partial charge in [-0.1, -0.05) is 54.6 Å². The highest BCUT2D eigenvalue weighted by molar-refractivity contribution is 5.84. The molecule has 0 spiro atoms. The van der Waals surface area contributed by atoms with Gasteiger partial charge in [-0.2, -0.15) is 0 Å². The van der Waals surface area contributed by atoms with Crippen LogP contribution in [0.2, 0.25) is 0 Å². The molecule has 0 unspecified atom stereocenters. The number of pyridine rings is 2. The minimum Gasteiger partial charge on any atom is -0.292 e. The summed E-state index contributed by atoms with van der Waals surface area (Å²) >= 11 is 0. The molecule has 0 amide bonds. The second-order valence-corrected chi connectivity index (χ2v) is 12.8. The van der Waals surface area contributed by atoms with Gasteiger partial charge in [-0.15, -0.1) is 0 Å². The average molecular weight is 696 g/mol. The second kappa shape index (κ2) is 13.2. The molecule has 0 atom stereocenters. The molecule has 0 fully saturated rings. The number of hydrogen-bond donors (Lipinski definition) is 0. The quantitative estimate of drug-likeness (QED) is 0.164. The molecule has 0 aliphatic heterocycles. The second-order valence-electron chi connectivity index (χ2n) is 12.8. The maximum atomic E-state index is 5.04. The SMILES string of the molecule is c1ccc(-c2nc(-c3ccc(-n4c(-c5cccnc5)nc5ccccc54)cc3)nc(-c3ccc(-n4c(-c5cccnc5)nc5ccccc54)cc3)n2)cc1. The van der Waals surface area contributed by atoms with Crippen LogP contribution in [0, 0.1) is 0 Å². The molecule has 54 heavy (non-hydrogen) atoms. The van der Waals surface area contributed by atoms with E-state index in [-0.39, 0.29) is 0 Å². The monoisotopic (exact) mass is 695 g/mol. The normalized spacial score (nSPS) is 11.3. The van der Waals surface area contributed by atoms with Gasteiger partial charge in [0, 0.05) is 64.0 Å². The van der Waals surface area contributed by atoms with Crippen molar-refractivity contribution in [1.82, 2.24) is 44.0 Å². The lowest BCUT2D eigenvalue weighted by molar-refractivity contribution is 1.07. The minimum absolute atomic E-state index is 0.580. The first-order chi connectivity index (χ1) is 26.8. The van der Waals surface area contributed by atoms with Crippen molar-refractivity contribution in [1.29, 1.82) is 0 Å². The Morgan fingerprint density at radius 2 is 0.704 bits per heavy atom. The highest BCUT2D eigenvalue weighted by atomic mass is 15.1. The van der Waals surface area contributed by atoms with Crippen molar-refractivity contribution in [2.75, 3.05) is 0 Å². The van der Waals surface area contributed by atoms with Gasteiger partial charge in [0.25, 0.3) is 0 Å². The van der Waals surface area contributed by atoms with Crippen LogP contribution in [0.5, 0.6) is 0 Å². The molecular formula is C45H29N9. The third-order valence-electron chi connectivity index (χ3n) is 9.40. The largest absolute Gasteiger partial charge is 0.292 e. The predicted octanol–water partition coefficient (Wildman–Crippen LogP) is 9.67. The van der Waals surface area contributed by atoms with Crippen LogP contribution >= 0.6 is 0 Å². The van der Waals surface area contributed by atoms with E-state index >= 15 is 0 Å². The standard InChI is InChI=1S/C45H29N9/c1-2-10-30(11-3-1)41-50-42(31-18-22-35(23-19-31)53-39-16-6-4-14-37(39)48-44(53)33-12-8-26-46-28-33)52-43(51-41)32-20-24-36(25-21-32)54-40-17-7-5-15-38(40)49-45(54)34-13-9-27-47-29-34/h1-29H. The first kappa shape index (κ1) is 31.1. The van der Waals surface area contributed by atoms with Crippen molar-refractivity contribution in [3.63, 3.8) is 0 Å². The summed E-state index contributed by atoms with van der Waals surface area (Å²) in [7, 11) is 0. The van der Waals surface area contributed by atoms with Crippen LogP contribution in [0.4, 0.5) is 0 Å². The van der Waals surface area contributed by atoms with Crippen molar-refractivity contribution in [2.24, 2.45) is 0 Å². The molecule has 9 nitrogen and oxygen atoms in total. The van der Waals surface area contributed by atoms with Gasteiger partial charge in [0.1, 0.15) is 11.6 Å². The fraction of sp³-hybridized carbons (Fsp3) is 0. The highest BCUT2D eigenvalue weighted by Crippen LogP contribution is 2.32. The molecule has 0 saturated carbocycles. The molecule has 5 aromatic heterocycles. The zero-order chi connectivity index (χ0) is 35.8. The molecule has 5 heterocycles. The van der Waals surface area contributed by atoms with E-state index in [1.54, 1.807) is 12.4 Å². The number of hydrogen-bond acceptors (Lipinski definition) is 7. The van der Waals surface area contributed by atoms with Gasteiger partial charge in [-0.25, -0.2) is 24.9 Å². The van der Waals surface area contributed by atoms with Gasteiger partial charge in [-0.05, 0) is 97.1 Å². The van der Waals surface area contributed by atoms with Crippen molar-refractivity contribution < 1.29 is 0 Å². The van der Waals surface area contributed by atoms with E-state index in [1.807, 2.05) is 103 Å². The van der Waals surface area contributed by atoms with E-state index in [0.717, 1.165) is 72.9 Å². The molecule has 254 valence electrons. The Morgan fingerprint density at radius 3 is 1.13 bits per heavy atom. The predicted molar refractivity (Wildman–Crippen MR) is 212 cm³/mol. The third kappa shape index (κ3) is 5.57. The average Bonchev–Trinajstić information content (AvgIpc) is 3.84. The van der Waals surface area contributed by atoms with Gasteiger partial charge in [0.2, 0.25) is 0 Å². The number of rotatable bonds is 7. The molecule has 0 radical (unpaired) electrons. The zero-order valence-electron chi connectivity index (χ0n) is 28.8. The maximum absolute atomic E-state index is 5.04. The maximum Gasteiger partial charge on any atom is 0.164 e. The summed E-state index contributed by atoms with van der Waals surface area (Å²) in [5, 5.41) is 0. The number of benzene rings is 5. The number of aromatic nitrogens is 9. The number of fused-ring (bicyclic) bond motifs is 2. The fourth-order valence-corrected chi connectivity index (χ4v) is 6.82. The Labute approximate surface area is 310 Å². The van der Waals surface area contributed by atoms with Gasteiger partial charge >= 0.3 is 0 Å². The number of para-hydroxylation sites is 4. The fourth-order valence-electron chi connectivity index (χ4n) is 6.82. The summed E-state index contributed by atoms with van der Waals surface area (Å²) in [6.45, 7) is 0. The summed E-state index contributed by atoms with van der Waals surface area (Å²) < 4.78 is 4.32. The van der Waals surface area contributed by atoms with Gasteiger partial charge in [-0.3, -0.25) is 19.1 Å². The first-order valence-electron chi connectivity index (χ1n) is 17.6. The summed E-state index contributed by atoms with van der Waals surface area (Å²) in [4.78, 5) is 33.6. The minimum atomic E-state index is 0.580. The smallest absolute Gasteiger partial charge is 0.164 e.